The summed E-state index contributed by atoms with van der Waals surface area (Å²) in [7, 11) is 1.96. The molecule has 3 nitrogen and oxygen atoms in total. The van der Waals surface area contributed by atoms with Gasteiger partial charge < -0.3 is 10.1 Å². The lowest BCUT2D eigenvalue weighted by Gasteiger charge is -2.06. The molecule has 0 radical (unpaired) electrons. The molecule has 0 aliphatic heterocycles. The summed E-state index contributed by atoms with van der Waals surface area (Å²) in [6.45, 7) is 7.58. The Morgan fingerprint density at radius 3 is 2.86 bits per heavy atom. The summed E-state index contributed by atoms with van der Waals surface area (Å²) in [5.74, 6) is 0. The molecule has 1 unspecified atom stereocenters. The first-order valence-electron chi connectivity index (χ1n) is 4.90. The molecule has 0 spiro atoms. The highest BCUT2D eigenvalue weighted by Gasteiger charge is 2.12. The van der Waals surface area contributed by atoms with Gasteiger partial charge in [0.05, 0.1) is 12.3 Å². The molecule has 1 aromatic heterocycles. The number of rotatable bonds is 5. The van der Waals surface area contributed by atoms with Crippen LogP contribution < -0.4 is 5.32 Å². The number of aromatic nitrogens is 1. The minimum atomic E-state index is 0.378. The number of thiazole rings is 1. The largest absolute Gasteiger partial charge is 0.375 e. The van der Waals surface area contributed by atoms with Gasteiger partial charge in [-0.2, -0.15) is 0 Å². The second-order valence-electron chi connectivity index (χ2n) is 3.20. The Morgan fingerprint density at radius 1 is 1.57 bits per heavy atom. The van der Waals surface area contributed by atoms with Crippen molar-refractivity contribution in [2.75, 3.05) is 13.7 Å². The molecular formula is C10H18N2OS. The summed E-state index contributed by atoms with van der Waals surface area (Å²) in [4.78, 5) is 5.78. The van der Waals surface area contributed by atoms with Gasteiger partial charge in [0.15, 0.2) is 0 Å². The van der Waals surface area contributed by atoms with Crippen LogP contribution in [0.15, 0.2) is 0 Å². The standard InChI is InChI=1S/C10H18N2OS/c1-5-13-6-9-12-8(3)10(14-9)7(2)11-4/h7,11H,5-6H2,1-4H3. The molecule has 1 rings (SSSR count). The summed E-state index contributed by atoms with van der Waals surface area (Å²) >= 11 is 1.73. The lowest BCUT2D eigenvalue weighted by molar-refractivity contribution is 0.134. The zero-order chi connectivity index (χ0) is 10.6. The predicted molar refractivity (Wildman–Crippen MR) is 59.7 cm³/mol. The average molecular weight is 214 g/mol. The predicted octanol–water partition coefficient (Wildman–Crippen LogP) is 2.27. The number of hydrogen-bond donors (Lipinski definition) is 1. The maximum atomic E-state index is 5.33. The van der Waals surface area contributed by atoms with Gasteiger partial charge in [-0.05, 0) is 27.8 Å². The van der Waals surface area contributed by atoms with Crippen LogP contribution >= 0.6 is 11.3 Å². The maximum absolute atomic E-state index is 5.33. The molecule has 0 aromatic carbocycles. The molecule has 0 amide bonds. The number of hydrogen-bond acceptors (Lipinski definition) is 4. The summed E-state index contributed by atoms with van der Waals surface area (Å²) in [5.41, 5.74) is 1.12. The fourth-order valence-electron chi connectivity index (χ4n) is 1.25. The average Bonchev–Trinajstić information content (AvgIpc) is 2.55. The van der Waals surface area contributed by atoms with E-state index in [1.54, 1.807) is 11.3 Å². The molecule has 0 saturated carbocycles. The van der Waals surface area contributed by atoms with Crippen molar-refractivity contribution in [3.05, 3.63) is 15.6 Å². The van der Waals surface area contributed by atoms with Crippen molar-refractivity contribution in [1.29, 1.82) is 0 Å². The van der Waals surface area contributed by atoms with Crippen molar-refractivity contribution in [3.63, 3.8) is 0 Å². The van der Waals surface area contributed by atoms with E-state index in [1.807, 2.05) is 14.0 Å². The van der Waals surface area contributed by atoms with Gasteiger partial charge in [0, 0.05) is 17.5 Å². The van der Waals surface area contributed by atoms with Crippen LogP contribution in [-0.4, -0.2) is 18.6 Å². The van der Waals surface area contributed by atoms with E-state index in [0.29, 0.717) is 12.6 Å². The molecule has 0 aliphatic carbocycles. The minimum Gasteiger partial charge on any atom is -0.375 e. The highest BCUT2D eigenvalue weighted by Crippen LogP contribution is 2.24. The third-order valence-corrected chi connectivity index (χ3v) is 3.45. The Labute approximate surface area is 89.5 Å². The van der Waals surface area contributed by atoms with Crippen LogP contribution in [0.3, 0.4) is 0 Å². The van der Waals surface area contributed by atoms with Gasteiger partial charge in [-0.3, -0.25) is 0 Å². The van der Waals surface area contributed by atoms with E-state index in [1.165, 1.54) is 4.88 Å². The molecule has 80 valence electrons. The van der Waals surface area contributed by atoms with Crippen LogP contribution in [-0.2, 0) is 11.3 Å². The Kier molecular flexibility index (Phi) is 4.51. The first-order valence-corrected chi connectivity index (χ1v) is 5.71. The van der Waals surface area contributed by atoms with Crippen LogP contribution in [0.5, 0.6) is 0 Å². The topological polar surface area (TPSA) is 34.1 Å². The minimum absolute atomic E-state index is 0.378. The molecule has 1 heterocycles. The van der Waals surface area contributed by atoms with Gasteiger partial charge in [-0.25, -0.2) is 4.98 Å². The molecule has 4 heteroatoms. The van der Waals surface area contributed by atoms with Crippen LogP contribution in [0.1, 0.15) is 35.5 Å². The third-order valence-electron chi connectivity index (χ3n) is 2.13. The second-order valence-corrected chi connectivity index (χ2v) is 4.32. The van der Waals surface area contributed by atoms with Gasteiger partial charge in [-0.15, -0.1) is 11.3 Å². The summed E-state index contributed by atoms with van der Waals surface area (Å²) in [6.07, 6.45) is 0. The lowest BCUT2D eigenvalue weighted by atomic mass is 10.2. The van der Waals surface area contributed by atoms with Gasteiger partial charge in [-0.1, -0.05) is 0 Å². The summed E-state index contributed by atoms with van der Waals surface area (Å²) < 4.78 is 5.33. The summed E-state index contributed by atoms with van der Waals surface area (Å²) in [6, 6.07) is 0.378. The van der Waals surface area contributed by atoms with Gasteiger partial charge >= 0.3 is 0 Å². The normalized spacial score (nSPS) is 13.1. The molecule has 0 bridgehead atoms. The maximum Gasteiger partial charge on any atom is 0.119 e. The smallest absolute Gasteiger partial charge is 0.119 e. The van der Waals surface area contributed by atoms with Gasteiger partial charge in [0.1, 0.15) is 5.01 Å². The Bertz CT molecular complexity index is 286. The monoisotopic (exact) mass is 214 g/mol. The van der Waals surface area contributed by atoms with Crippen molar-refractivity contribution in [1.82, 2.24) is 10.3 Å². The summed E-state index contributed by atoms with van der Waals surface area (Å²) in [5, 5.41) is 4.29. The SMILES string of the molecule is CCOCc1nc(C)c(C(C)NC)s1. The third kappa shape index (κ3) is 2.77. The molecule has 14 heavy (non-hydrogen) atoms. The Morgan fingerprint density at radius 2 is 2.29 bits per heavy atom. The molecule has 0 fully saturated rings. The molecule has 0 aliphatic rings. The molecule has 1 N–H and O–H groups in total. The quantitative estimate of drug-likeness (QED) is 0.816. The highest BCUT2D eigenvalue weighted by molar-refractivity contribution is 7.11. The zero-order valence-electron chi connectivity index (χ0n) is 9.26. The Balaban J connectivity index is 2.71. The van der Waals surface area contributed by atoms with Crippen LogP contribution in [0.2, 0.25) is 0 Å². The lowest BCUT2D eigenvalue weighted by Crippen LogP contribution is -2.11. The van der Waals surface area contributed by atoms with Gasteiger partial charge in [0.25, 0.3) is 0 Å². The Hall–Kier alpha value is -0.450. The van der Waals surface area contributed by atoms with Crippen molar-refractivity contribution >= 4 is 11.3 Å². The van der Waals surface area contributed by atoms with E-state index in [-0.39, 0.29) is 0 Å². The molecule has 0 saturated heterocycles. The van der Waals surface area contributed by atoms with Crippen molar-refractivity contribution in [2.45, 2.75) is 33.4 Å². The van der Waals surface area contributed by atoms with E-state index in [0.717, 1.165) is 17.3 Å². The van der Waals surface area contributed by atoms with E-state index < -0.39 is 0 Å². The molecule has 1 atom stereocenters. The number of nitrogens with zero attached hydrogens (tertiary/aromatic N) is 1. The highest BCUT2D eigenvalue weighted by atomic mass is 32.1. The van der Waals surface area contributed by atoms with Crippen molar-refractivity contribution in [3.8, 4) is 0 Å². The van der Waals surface area contributed by atoms with E-state index >= 15 is 0 Å². The fourth-order valence-corrected chi connectivity index (χ4v) is 2.32. The van der Waals surface area contributed by atoms with E-state index in [9.17, 15) is 0 Å². The second kappa shape index (κ2) is 5.44. The fraction of sp³-hybridized carbons (Fsp3) is 0.700. The first-order chi connectivity index (χ1) is 6.69. The van der Waals surface area contributed by atoms with Crippen LogP contribution in [0.25, 0.3) is 0 Å². The van der Waals surface area contributed by atoms with Crippen LogP contribution in [0, 0.1) is 6.92 Å². The number of aryl methyl sites for hydroxylation is 1. The van der Waals surface area contributed by atoms with Gasteiger partial charge in [0.2, 0.25) is 0 Å². The van der Waals surface area contributed by atoms with Crippen molar-refractivity contribution in [2.24, 2.45) is 0 Å². The van der Waals surface area contributed by atoms with Crippen LogP contribution in [0.4, 0.5) is 0 Å². The van der Waals surface area contributed by atoms with E-state index in [2.05, 4.69) is 24.1 Å². The van der Waals surface area contributed by atoms with Crippen molar-refractivity contribution < 1.29 is 4.74 Å². The number of ether oxygens (including phenoxy) is 1. The molecular weight excluding hydrogens is 196 g/mol. The van der Waals surface area contributed by atoms with E-state index in [4.69, 9.17) is 4.74 Å². The zero-order valence-corrected chi connectivity index (χ0v) is 10.1. The number of nitrogens with one attached hydrogen (secondary N) is 1. The first kappa shape index (κ1) is 11.6. The molecule has 1 aromatic rings.